The molecular formula is C26H24FN2O4-. The normalized spacial score (nSPS) is 11.0. The smallest absolute Gasteiger partial charge is 0.127 e. The first kappa shape index (κ1) is 22.4. The van der Waals surface area contributed by atoms with Crippen molar-refractivity contribution in [2.45, 2.75) is 19.6 Å². The lowest BCUT2D eigenvalue weighted by atomic mass is 10.1. The maximum absolute atomic E-state index is 14.0. The molecule has 0 radical (unpaired) electrons. The molecule has 0 spiro atoms. The largest absolute Gasteiger partial charge is 0.543 e. The molecule has 1 aromatic heterocycles. The average Bonchev–Trinajstić information content (AvgIpc) is 3.13. The van der Waals surface area contributed by atoms with E-state index in [-0.39, 0.29) is 24.6 Å². The van der Waals surface area contributed by atoms with Crippen molar-refractivity contribution in [3.63, 3.8) is 0 Å². The number of carbonyl (C=O) groups is 1. The highest BCUT2D eigenvalue weighted by Crippen LogP contribution is 2.30. The second-order valence-corrected chi connectivity index (χ2v) is 7.63. The number of carboxylic acid groups (broad SMARTS) is 1. The Morgan fingerprint density at radius 3 is 2.33 bits per heavy atom. The highest BCUT2D eigenvalue weighted by molar-refractivity contribution is 5.98. The molecule has 0 aliphatic rings. The van der Waals surface area contributed by atoms with Gasteiger partial charge in [0.1, 0.15) is 17.3 Å². The van der Waals surface area contributed by atoms with Crippen LogP contribution in [0.4, 0.5) is 4.39 Å². The van der Waals surface area contributed by atoms with Crippen LogP contribution >= 0.6 is 0 Å². The molecule has 0 aliphatic carbocycles. The molecule has 1 heterocycles. The van der Waals surface area contributed by atoms with Gasteiger partial charge in [-0.1, -0.05) is 30.3 Å². The summed E-state index contributed by atoms with van der Waals surface area (Å²) in [5.41, 5.74) is 2.79. The van der Waals surface area contributed by atoms with Crippen LogP contribution in [0.15, 0.2) is 66.7 Å². The Balaban J connectivity index is 1.74. The summed E-state index contributed by atoms with van der Waals surface area (Å²) in [5.74, 6) is -0.249. The van der Waals surface area contributed by atoms with Gasteiger partial charge in [-0.3, -0.25) is 0 Å². The van der Waals surface area contributed by atoms with Crippen LogP contribution < -0.4 is 19.9 Å². The molecule has 1 N–H and O–H groups in total. The third kappa shape index (κ3) is 4.68. The van der Waals surface area contributed by atoms with E-state index in [1.807, 2.05) is 36.4 Å². The minimum atomic E-state index is -1.28. The molecule has 4 rings (SSSR count). The summed E-state index contributed by atoms with van der Waals surface area (Å²) < 4.78 is 26.3. The zero-order valence-electron chi connectivity index (χ0n) is 18.4. The SMILES string of the molecule is COc1ccc(Cn2c(C(=O)[O-])c(CNCc3ccccc3F)c3ccc(OC)cc32)cc1. The fourth-order valence-corrected chi connectivity index (χ4v) is 3.98. The fraction of sp³-hybridized carbons (Fsp3) is 0.192. The van der Waals surface area contributed by atoms with E-state index in [1.54, 1.807) is 43.1 Å². The van der Waals surface area contributed by atoms with Gasteiger partial charge in [0.15, 0.2) is 0 Å². The van der Waals surface area contributed by atoms with E-state index in [1.165, 1.54) is 6.07 Å². The first-order valence-electron chi connectivity index (χ1n) is 10.5. The zero-order valence-corrected chi connectivity index (χ0v) is 18.4. The van der Waals surface area contributed by atoms with Crippen LogP contribution in [-0.2, 0) is 19.6 Å². The Kier molecular flexibility index (Phi) is 6.60. The van der Waals surface area contributed by atoms with Crippen LogP contribution in [0.2, 0.25) is 0 Å². The van der Waals surface area contributed by atoms with Gasteiger partial charge in [-0.2, -0.15) is 0 Å². The number of rotatable bonds is 9. The van der Waals surface area contributed by atoms with Gasteiger partial charge in [0.05, 0.1) is 31.4 Å². The predicted octanol–water partition coefficient (Wildman–Crippen LogP) is 3.50. The fourth-order valence-electron chi connectivity index (χ4n) is 3.98. The summed E-state index contributed by atoms with van der Waals surface area (Å²) in [6, 6.07) is 19.4. The van der Waals surface area contributed by atoms with E-state index < -0.39 is 5.97 Å². The Bertz CT molecular complexity index is 1280. The number of nitrogens with one attached hydrogen (secondary N) is 1. The lowest BCUT2D eigenvalue weighted by Gasteiger charge is -2.14. The summed E-state index contributed by atoms with van der Waals surface area (Å²) in [5, 5.41) is 16.2. The number of halogens is 1. The number of methoxy groups -OCH3 is 2. The number of carboxylic acids is 1. The Hall–Kier alpha value is -3.84. The van der Waals surface area contributed by atoms with E-state index in [4.69, 9.17) is 9.47 Å². The van der Waals surface area contributed by atoms with E-state index in [0.717, 1.165) is 16.7 Å². The van der Waals surface area contributed by atoms with E-state index >= 15 is 0 Å². The van der Waals surface area contributed by atoms with Crippen molar-refractivity contribution in [2.24, 2.45) is 0 Å². The number of nitrogens with zero attached hydrogens (tertiary/aromatic N) is 1. The number of carbonyl (C=O) groups excluding carboxylic acids is 1. The second-order valence-electron chi connectivity index (χ2n) is 7.63. The number of ether oxygens (including phenoxy) is 2. The molecule has 170 valence electrons. The van der Waals surface area contributed by atoms with Crippen molar-refractivity contribution in [3.8, 4) is 11.5 Å². The minimum Gasteiger partial charge on any atom is -0.543 e. The molecule has 0 fully saturated rings. The molecular weight excluding hydrogens is 423 g/mol. The quantitative estimate of drug-likeness (QED) is 0.425. The third-order valence-corrected chi connectivity index (χ3v) is 5.64. The lowest BCUT2D eigenvalue weighted by molar-refractivity contribution is -0.255. The van der Waals surface area contributed by atoms with Crippen molar-refractivity contribution < 1.29 is 23.8 Å². The van der Waals surface area contributed by atoms with E-state index in [9.17, 15) is 14.3 Å². The van der Waals surface area contributed by atoms with Gasteiger partial charge in [0, 0.05) is 42.2 Å². The number of benzene rings is 3. The molecule has 0 aliphatic heterocycles. The molecule has 7 heteroatoms. The first-order valence-corrected chi connectivity index (χ1v) is 10.5. The van der Waals surface area contributed by atoms with Crippen LogP contribution in [0.5, 0.6) is 11.5 Å². The Labute approximate surface area is 191 Å². The molecule has 0 saturated carbocycles. The number of hydrogen-bond donors (Lipinski definition) is 1. The zero-order chi connectivity index (χ0) is 23.4. The first-order chi connectivity index (χ1) is 16.0. The number of hydrogen-bond acceptors (Lipinski definition) is 5. The topological polar surface area (TPSA) is 75.5 Å². The average molecular weight is 447 g/mol. The number of aromatic carboxylic acids is 1. The summed E-state index contributed by atoms with van der Waals surface area (Å²) >= 11 is 0. The Morgan fingerprint density at radius 1 is 0.970 bits per heavy atom. The van der Waals surface area contributed by atoms with Crippen molar-refractivity contribution >= 4 is 16.9 Å². The van der Waals surface area contributed by atoms with Gasteiger partial charge in [0.2, 0.25) is 0 Å². The molecule has 6 nitrogen and oxygen atoms in total. The third-order valence-electron chi connectivity index (χ3n) is 5.64. The molecule has 0 atom stereocenters. The van der Waals surface area contributed by atoms with Crippen LogP contribution in [0.3, 0.4) is 0 Å². The predicted molar refractivity (Wildman–Crippen MR) is 122 cm³/mol. The highest BCUT2D eigenvalue weighted by atomic mass is 19.1. The molecule has 33 heavy (non-hydrogen) atoms. The van der Waals surface area contributed by atoms with Crippen molar-refractivity contribution in [1.82, 2.24) is 9.88 Å². The second kappa shape index (κ2) is 9.75. The molecule has 3 aromatic carbocycles. The van der Waals surface area contributed by atoms with Gasteiger partial charge in [0.25, 0.3) is 0 Å². The number of fused-ring (bicyclic) bond motifs is 1. The monoisotopic (exact) mass is 447 g/mol. The van der Waals surface area contributed by atoms with Gasteiger partial charge >= 0.3 is 0 Å². The summed E-state index contributed by atoms with van der Waals surface area (Å²) in [7, 11) is 3.16. The molecule has 0 bridgehead atoms. The molecule has 0 saturated heterocycles. The summed E-state index contributed by atoms with van der Waals surface area (Å²) in [4.78, 5) is 12.3. The van der Waals surface area contributed by atoms with Crippen LogP contribution in [0.1, 0.15) is 27.2 Å². The van der Waals surface area contributed by atoms with Crippen molar-refractivity contribution in [2.75, 3.05) is 14.2 Å². The van der Waals surface area contributed by atoms with Gasteiger partial charge in [-0.15, -0.1) is 0 Å². The van der Waals surface area contributed by atoms with Crippen LogP contribution in [-0.4, -0.2) is 24.8 Å². The van der Waals surface area contributed by atoms with Gasteiger partial charge in [-0.25, -0.2) is 4.39 Å². The standard InChI is InChI=1S/C26H25FN2O4/c1-32-19-9-7-17(8-10-19)16-29-24-13-20(33-2)11-12-21(24)22(25(29)26(30)31)15-28-14-18-5-3-4-6-23(18)27/h3-13,28H,14-16H2,1-2H3,(H,30,31)/p-1. The highest BCUT2D eigenvalue weighted by Gasteiger charge is 2.19. The van der Waals surface area contributed by atoms with Crippen molar-refractivity contribution in [3.05, 3.63) is 94.9 Å². The number of aromatic nitrogens is 1. The maximum atomic E-state index is 14.0. The summed E-state index contributed by atoms with van der Waals surface area (Å²) in [6.45, 7) is 0.820. The van der Waals surface area contributed by atoms with Gasteiger partial charge < -0.3 is 29.3 Å². The Morgan fingerprint density at radius 2 is 1.67 bits per heavy atom. The summed E-state index contributed by atoms with van der Waals surface area (Å²) in [6.07, 6.45) is 0. The van der Waals surface area contributed by atoms with E-state index in [0.29, 0.717) is 28.9 Å². The molecule has 0 unspecified atom stereocenters. The molecule has 4 aromatic rings. The van der Waals surface area contributed by atoms with Crippen LogP contribution in [0.25, 0.3) is 10.9 Å². The van der Waals surface area contributed by atoms with Crippen molar-refractivity contribution in [1.29, 1.82) is 0 Å². The van der Waals surface area contributed by atoms with E-state index in [2.05, 4.69) is 5.32 Å². The maximum Gasteiger partial charge on any atom is 0.127 e. The van der Waals surface area contributed by atoms with Crippen LogP contribution in [0, 0.1) is 5.82 Å². The minimum absolute atomic E-state index is 0.0788. The van der Waals surface area contributed by atoms with Gasteiger partial charge in [-0.05, 0) is 35.9 Å². The molecule has 0 amide bonds. The lowest BCUT2D eigenvalue weighted by Crippen LogP contribution is -2.28.